The van der Waals surface area contributed by atoms with E-state index in [-0.39, 0.29) is 21.4 Å². The van der Waals surface area contributed by atoms with Crippen LogP contribution in [0.25, 0.3) is 0 Å². The monoisotopic (exact) mass is 327 g/mol. The molecule has 0 saturated heterocycles. The Bertz CT molecular complexity index is 756. The summed E-state index contributed by atoms with van der Waals surface area (Å²) in [6.07, 6.45) is 0. The number of hydrogen-bond acceptors (Lipinski definition) is 6. The molecular formula is C12H13N3O4S2. The zero-order valence-electron chi connectivity index (χ0n) is 11.1. The van der Waals surface area contributed by atoms with Gasteiger partial charge in [-0.2, -0.15) is 0 Å². The zero-order chi connectivity index (χ0) is 15.6. The van der Waals surface area contributed by atoms with Gasteiger partial charge in [0.25, 0.3) is 10.0 Å². The maximum atomic E-state index is 12.6. The Balaban J connectivity index is 2.50. The van der Waals surface area contributed by atoms with Crippen LogP contribution in [0.15, 0.2) is 40.6 Å². The van der Waals surface area contributed by atoms with E-state index < -0.39 is 14.9 Å². The number of nitrogens with zero attached hydrogens (tertiary/aromatic N) is 2. The predicted molar refractivity (Wildman–Crippen MR) is 82.0 cm³/mol. The van der Waals surface area contributed by atoms with Crippen LogP contribution in [0.5, 0.6) is 0 Å². The molecule has 1 heterocycles. The molecule has 112 valence electrons. The molecule has 1 aromatic carbocycles. The number of nitro groups is 1. The van der Waals surface area contributed by atoms with Crippen molar-refractivity contribution in [2.24, 2.45) is 0 Å². The SMILES string of the molecule is CCN(c1ccccc1)S(=O)(=O)c1cc([N+](=O)[O-])c(N)s1. The number of thiophene rings is 1. The fourth-order valence-electron chi connectivity index (χ4n) is 1.84. The molecule has 0 spiro atoms. The van der Waals surface area contributed by atoms with E-state index in [2.05, 4.69) is 0 Å². The summed E-state index contributed by atoms with van der Waals surface area (Å²) in [5, 5.41) is 10.7. The van der Waals surface area contributed by atoms with Gasteiger partial charge in [0.1, 0.15) is 4.21 Å². The lowest BCUT2D eigenvalue weighted by Gasteiger charge is -2.21. The molecule has 0 aliphatic heterocycles. The second kappa shape index (κ2) is 5.70. The van der Waals surface area contributed by atoms with Gasteiger partial charge in [0.15, 0.2) is 5.00 Å². The molecule has 0 radical (unpaired) electrons. The van der Waals surface area contributed by atoms with E-state index in [4.69, 9.17) is 5.73 Å². The van der Waals surface area contributed by atoms with Gasteiger partial charge in [-0.05, 0) is 19.1 Å². The maximum absolute atomic E-state index is 12.6. The van der Waals surface area contributed by atoms with E-state index in [0.29, 0.717) is 17.0 Å². The average molecular weight is 327 g/mol. The molecule has 0 aliphatic carbocycles. The third-order valence-corrected chi connectivity index (χ3v) is 6.10. The highest BCUT2D eigenvalue weighted by Gasteiger charge is 2.29. The van der Waals surface area contributed by atoms with Crippen molar-refractivity contribution >= 4 is 37.7 Å². The fourth-order valence-corrected chi connectivity index (χ4v) is 4.64. The third kappa shape index (κ3) is 2.83. The lowest BCUT2D eigenvalue weighted by molar-refractivity contribution is -0.383. The highest BCUT2D eigenvalue weighted by Crippen LogP contribution is 2.36. The van der Waals surface area contributed by atoms with Crippen LogP contribution in [-0.2, 0) is 10.0 Å². The molecule has 2 rings (SSSR count). The number of benzene rings is 1. The number of rotatable bonds is 5. The molecule has 0 atom stereocenters. The second-order valence-corrected chi connectivity index (χ2v) is 7.25. The molecule has 0 unspecified atom stereocenters. The summed E-state index contributed by atoms with van der Waals surface area (Å²) in [5.41, 5.74) is 5.62. The van der Waals surface area contributed by atoms with Crippen LogP contribution in [-0.4, -0.2) is 19.9 Å². The summed E-state index contributed by atoms with van der Waals surface area (Å²) in [6, 6.07) is 9.54. The quantitative estimate of drug-likeness (QED) is 0.670. The van der Waals surface area contributed by atoms with Crippen molar-refractivity contribution in [3.8, 4) is 0 Å². The van der Waals surface area contributed by atoms with Crippen LogP contribution in [0.3, 0.4) is 0 Å². The molecule has 9 heteroatoms. The van der Waals surface area contributed by atoms with Gasteiger partial charge in [-0.15, -0.1) is 0 Å². The molecule has 0 amide bonds. The Kier molecular flexibility index (Phi) is 4.14. The summed E-state index contributed by atoms with van der Waals surface area (Å²) < 4.78 is 26.3. The Hall–Kier alpha value is -2.13. The fraction of sp³-hybridized carbons (Fsp3) is 0.167. The molecule has 0 aliphatic rings. The summed E-state index contributed by atoms with van der Waals surface area (Å²) >= 11 is 0.694. The van der Waals surface area contributed by atoms with E-state index in [1.165, 1.54) is 4.31 Å². The minimum Gasteiger partial charge on any atom is -0.385 e. The number of nitrogen functional groups attached to an aromatic ring is 1. The summed E-state index contributed by atoms with van der Waals surface area (Å²) in [5.74, 6) is 0. The van der Waals surface area contributed by atoms with Crippen molar-refractivity contribution in [2.75, 3.05) is 16.6 Å². The summed E-state index contributed by atoms with van der Waals surface area (Å²) in [4.78, 5) is 10.1. The molecule has 1 aromatic heterocycles. The van der Waals surface area contributed by atoms with Crippen LogP contribution >= 0.6 is 11.3 Å². The number of anilines is 2. The largest absolute Gasteiger partial charge is 0.385 e. The van der Waals surface area contributed by atoms with E-state index in [0.717, 1.165) is 6.07 Å². The first-order chi connectivity index (χ1) is 9.87. The predicted octanol–water partition coefficient (Wildman–Crippen LogP) is 2.45. The van der Waals surface area contributed by atoms with Crippen molar-refractivity contribution in [3.63, 3.8) is 0 Å². The first kappa shape index (κ1) is 15.3. The van der Waals surface area contributed by atoms with Gasteiger partial charge >= 0.3 is 5.69 Å². The second-order valence-electron chi connectivity index (χ2n) is 4.08. The molecule has 2 aromatic rings. The first-order valence-electron chi connectivity index (χ1n) is 5.99. The van der Waals surface area contributed by atoms with Gasteiger partial charge in [0, 0.05) is 12.6 Å². The Morgan fingerprint density at radius 1 is 1.33 bits per heavy atom. The normalized spacial score (nSPS) is 11.3. The topological polar surface area (TPSA) is 107 Å². The Morgan fingerprint density at radius 3 is 2.43 bits per heavy atom. The Morgan fingerprint density at radius 2 is 1.95 bits per heavy atom. The molecule has 0 bridgehead atoms. The van der Waals surface area contributed by atoms with E-state index in [9.17, 15) is 18.5 Å². The van der Waals surface area contributed by atoms with E-state index >= 15 is 0 Å². The van der Waals surface area contributed by atoms with Crippen molar-refractivity contribution in [1.29, 1.82) is 0 Å². The van der Waals surface area contributed by atoms with Crippen LogP contribution in [0.1, 0.15) is 6.92 Å². The molecule has 2 N–H and O–H groups in total. The van der Waals surface area contributed by atoms with Crippen molar-refractivity contribution in [1.82, 2.24) is 0 Å². The molecular weight excluding hydrogens is 314 g/mol. The van der Waals surface area contributed by atoms with Crippen LogP contribution in [0, 0.1) is 10.1 Å². The van der Waals surface area contributed by atoms with Crippen LogP contribution < -0.4 is 10.0 Å². The van der Waals surface area contributed by atoms with Crippen molar-refractivity contribution in [2.45, 2.75) is 11.1 Å². The van der Waals surface area contributed by atoms with Gasteiger partial charge in [0.2, 0.25) is 0 Å². The van der Waals surface area contributed by atoms with Crippen molar-refractivity contribution in [3.05, 3.63) is 46.5 Å². The minimum absolute atomic E-state index is 0.123. The first-order valence-corrected chi connectivity index (χ1v) is 8.25. The van der Waals surface area contributed by atoms with Gasteiger partial charge in [-0.1, -0.05) is 29.5 Å². The molecule has 0 fully saturated rings. The van der Waals surface area contributed by atoms with Gasteiger partial charge in [0.05, 0.1) is 10.6 Å². The highest BCUT2D eigenvalue weighted by atomic mass is 32.2. The number of nitrogens with two attached hydrogens (primary N) is 1. The summed E-state index contributed by atoms with van der Waals surface area (Å²) in [6.45, 7) is 1.90. The zero-order valence-corrected chi connectivity index (χ0v) is 12.7. The number of hydrogen-bond donors (Lipinski definition) is 1. The summed E-state index contributed by atoms with van der Waals surface area (Å²) in [7, 11) is -3.87. The lowest BCUT2D eigenvalue weighted by Crippen LogP contribution is -2.30. The van der Waals surface area contributed by atoms with E-state index in [1.54, 1.807) is 37.3 Å². The molecule has 0 saturated carbocycles. The molecule has 21 heavy (non-hydrogen) atoms. The lowest BCUT2D eigenvalue weighted by atomic mass is 10.3. The third-order valence-electron chi connectivity index (χ3n) is 2.79. The van der Waals surface area contributed by atoms with Crippen molar-refractivity contribution < 1.29 is 13.3 Å². The highest BCUT2D eigenvalue weighted by molar-refractivity contribution is 7.94. The standard InChI is InChI=1S/C12H13N3O4S2/c1-2-14(9-6-4-3-5-7-9)21(18,19)11-8-10(15(16)17)12(13)20-11/h3-8H,2,13H2,1H3. The van der Waals surface area contributed by atoms with Crippen LogP contribution in [0.4, 0.5) is 16.4 Å². The number of para-hydroxylation sites is 1. The van der Waals surface area contributed by atoms with Gasteiger partial charge in [-0.3, -0.25) is 14.4 Å². The number of sulfonamides is 1. The average Bonchev–Trinajstić information content (AvgIpc) is 2.83. The maximum Gasteiger partial charge on any atom is 0.304 e. The van der Waals surface area contributed by atoms with Gasteiger partial charge in [-0.25, -0.2) is 8.42 Å². The Labute approximate surface area is 125 Å². The van der Waals surface area contributed by atoms with Gasteiger partial charge < -0.3 is 5.73 Å². The minimum atomic E-state index is -3.87. The smallest absolute Gasteiger partial charge is 0.304 e. The van der Waals surface area contributed by atoms with Crippen LogP contribution in [0.2, 0.25) is 0 Å². The molecule has 7 nitrogen and oxygen atoms in total. The van der Waals surface area contributed by atoms with E-state index in [1.807, 2.05) is 0 Å².